The average Bonchev–Trinajstić information content (AvgIpc) is 4.14. The van der Waals surface area contributed by atoms with E-state index in [1.807, 2.05) is 45.5 Å². The number of aromatic nitrogens is 5. The molecular formula is C52H71N9O11S. The number of likely N-dealkylation sites (tertiary alicyclic amines) is 1. The second kappa shape index (κ2) is 29.1. The number of carbonyl (C=O) groups is 2. The number of ether oxygens (including phenoxy) is 7. The van der Waals surface area contributed by atoms with Crippen molar-refractivity contribution in [1.82, 2.24) is 40.5 Å². The first-order chi connectivity index (χ1) is 35.3. The fraction of sp³-hybridized carbons (Fsp3) is 0.500. The number of hydrogen-bond donors (Lipinski definition) is 5. The molecule has 20 nitrogen and oxygen atoms in total. The van der Waals surface area contributed by atoms with Crippen LogP contribution in [-0.4, -0.2) is 169 Å². The minimum Gasteiger partial charge on any atom is -0.507 e. The number of anilines is 1. The summed E-state index contributed by atoms with van der Waals surface area (Å²) in [7, 11) is 0. The predicted molar refractivity (Wildman–Crippen MR) is 276 cm³/mol. The van der Waals surface area contributed by atoms with Crippen LogP contribution in [0.4, 0.5) is 5.82 Å². The molecule has 396 valence electrons. The number of nitrogens with one attached hydrogen (secondary N) is 2. The number of nitrogens with zero attached hydrogens (tertiary/aromatic N) is 6. The van der Waals surface area contributed by atoms with Crippen LogP contribution in [0.2, 0.25) is 0 Å². The Labute approximate surface area is 431 Å². The standard InChI is InChI=1S/C52H71N9O11S/c1-36(54-30-38-10-12-39(13-11-38)48-37(2)55-35-73-48)45-28-41(62)33-61(45)51(65)49(52(3,4)5)57-47(64)34-72-27-26-71-25-24-70-23-22-69-21-20-68-19-18-67-17-16-66-15-14-60-32-40(31-56-60)43-29-44(58-59-50(43)53)42-8-6-7-9-46(42)63/h6-13,29,31-32,35,41,45,49,54,62-63H,1,14-28,30,33-34H2,2-5H3,(H2,53,59)(H,57,64)/t41-,45+,49-/m1/s1. The molecule has 3 atom stereocenters. The van der Waals surface area contributed by atoms with Gasteiger partial charge >= 0.3 is 0 Å². The molecule has 6 N–H and O–H groups in total. The molecule has 2 amide bonds. The highest BCUT2D eigenvalue weighted by Crippen LogP contribution is 2.33. The lowest BCUT2D eigenvalue weighted by molar-refractivity contribution is -0.141. The number of amides is 2. The number of nitrogen functional groups attached to an aromatic ring is 1. The molecule has 5 aromatic rings. The van der Waals surface area contributed by atoms with Crippen molar-refractivity contribution in [3.8, 4) is 38.6 Å². The van der Waals surface area contributed by atoms with Gasteiger partial charge in [-0.25, -0.2) is 4.98 Å². The Morgan fingerprint density at radius 2 is 1.44 bits per heavy atom. The molecule has 21 heteroatoms. The number of rotatable bonds is 32. The van der Waals surface area contributed by atoms with E-state index in [1.165, 1.54) is 0 Å². The molecule has 3 aromatic heterocycles. The van der Waals surface area contributed by atoms with Crippen molar-refractivity contribution in [2.24, 2.45) is 5.41 Å². The number of β-amino-alcohol motifs (C(OH)–C–C–N with tert-alkyl or cyclic N) is 1. The number of aromatic hydroxyl groups is 1. The first-order valence-corrected chi connectivity index (χ1v) is 25.3. The van der Waals surface area contributed by atoms with Crippen molar-refractivity contribution in [3.05, 3.63) is 96.0 Å². The van der Waals surface area contributed by atoms with Crippen LogP contribution in [0, 0.1) is 12.3 Å². The highest BCUT2D eigenvalue weighted by Gasteiger charge is 2.43. The summed E-state index contributed by atoms with van der Waals surface area (Å²) in [5, 5.41) is 39.7. The van der Waals surface area contributed by atoms with E-state index >= 15 is 0 Å². The van der Waals surface area contributed by atoms with Crippen molar-refractivity contribution >= 4 is 29.0 Å². The van der Waals surface area contributed by atoms with Gasteiger partial charge < -0.3 is 64.6 Å². The summed E-state index contributed by atoms with van der Waals surface area (Å²) in [6.07, 6.45) is 3.19. The average molecular weight is 1030 g/mol. The number of hydrogen-bond acceptors (Lipinski definition) is 18. The third-order valence-electron chi connectivity index (χ3n) is 11.7. The Morgan fingerprint density at radius 1 is 0.836 bits per heavy atom. The van der Waals surface area contributed by atoms with E-state index in [9.17, 15) is 19.8 Å². The normalized spacial score (nSPS) is 15.2. The summed E-state index contributed by atoms with van der Waals surface area (Å²) < 4.78 is 40.8. The molecule has 1 aliphatic heterocycles. The van der Waals surface area contributed by atoms with Gasteiger partial charge in [-0.15, -0.1) is 21.5 Å². The molecule has 0 spiro atoms. The molecule has 2 aromatic carbocycles. The molecule has 0 bridgehead atoms. The molecule has 0 unspecified atom stereocenters. The Bertz CT molecular complexity index is 2480. The topological polar surface area (TPSA) is 249 Å². The lowest BCUT2D eigenvalue weighted by Crippen LogP contribution is -2.57. The van der Waals surface area contributed by atoms with Gasteiger partial charge in [0.25, 0.3) is 0 Å². The number of para-hydroxylation sites is 1. The summed E-state index contributed by atoms with van der Waals surface area (Å²) in [5.41, 5.74) is 13.6. The van der Waals surface area contributed by atoms with E-state index in [0.717, 1.165) is 27.3 Å². The largest absolute Gasteiger partial charge is 0.507 e. The Morgan fingerprint density at radius 3 is 2.03 bits per heavy atom. The van der Waals surface area contributed by atoms with Gasteiger partial charge in [0.1, 0.15) is 18.4 Å². The van der Waals surface area contributed by atoms with Crippen molar-refractivity contribution in [1.29, 1.82) is 0 Å². The summed E-state index contributed by atoms with van der Waals surface area (Å²) in [4.78, 5) is 34.1. The zero-order chi connectivity index (χ0) is 52.0. The van der Waals surface area contributed by atoms with Crippen molar-refractivity contribution in [2.45, 2.75) is 65.4 Å². The summed E-state index contributed by atoms with van der Waals surface area (Å²) in [6, 6.07) is 15.6. The predicted octanol–water partition coefficient (Wildman–Crippen LogP) is 4.64. The van der Waals surface area contributed by atoms with E-state index in [-0.39, 0.29) is 43.8 Å². The zero-order valence-electron chi connectivity index (χ0n) is 42.3. The second-order valence-corrected chi connectivity index (χ2v) is 19.2. The van der Waals surface area contributed by atoms with Crippen LogP contribution in [0.5, 0.6) is 5.75 Å². The lowest BCUT2D eigenvalue weighted by Gasteiger charge is -2.36. The fourth-order valence-corrected chi connectivity index (χ4v) is 8.62. The van der Waals surface area contributed by atoms with Crippen LogP contribution in [0.25, 0.3) is 32.8 Å². The summed E-state index contributed by atoms with van der Waals surface area (Å²) in [6.45, 7) is 17.9. The van der Waals surface area contributed by atoms with Crippen molar-refractivity contribution in [2.75, 3.05) is 105 Å². The molecule has 0 aliphatic carbocycles. The molecule has 6 rings (SSSR count). The molecule has 0 saturated carbocycles. The fourth-order valence-electron chi connectivity index (χ4n) is 7.81. The Kier molecular flexibility index (Phi) is 22.5. The lowest BCUT2D eigenvalue weighted by atomic mass is 9.85. The van der Waals surface area contributed by atoms with Gasteiger partial charge in [0, 0.05) is 48.1 Å². The number of nitrogens with two attached hydrogens (primary N) is 1. The number of benzene rings is 2. The van der Waals surface area contributed by atoms with E-state index < -0.39 is 29.5 Å². The number of thiazole rings is 1. The third kappa shape index (κ3) is 17.9. The van der Waals surface area contributed by atoms with Crippen LogP contribution >= 0.6 is 11.3 Å². The van der Waals surface area contributed by atoms with E-state index in [4.69, 9.17) is 38.9 Å². The van der Waals surface area contributed by atoms with Crippen LogP contribution in [-0.2, 0) is 55.8 Å². The first-order valence-electron chi connectivity index (χ1n) is 24.5. The molecular weight excluding hydrogens is 959 g/mol. The SMILES string of the molecule is C=C(NCc1ccc(-c2scnc2C)cc1)[C@@H]1C[C@@H](O)CN1C(=O)[C@@H](NC(=O)COCCOCCOCCOCCOCCOCCOCCn1cc(-c2cc(-c3ccccc3O)nnc2N)cn1)C(C)(C)C. The number of phenolic OH excluding ortho intramolecular Hbond substituents is 1. The maximum absolute atomic E-state index is 14.0. The van der Waals surface area contributed by atoms with Crippen LogP contribution in [0.1, 0.15) is 38.4 Å². The zero-order valence-corrected chi connectivity index (χ0v) is 43.1. The van der Waals surface area contributed by atoms with Gasteiger partial charge in [-0.05, 0) is 41.7 Å². The van der Waals surface area contributed by atoms with Crippen molar-refractivity contribution < 1.29 is 53.0 Å². The summed E-state index contributed by atoms with van der Waals surface area (Å²) in [5.74, 6) is -0.334. The second-order valence-electron chi connectivity index (χ2n) is 18.4. The van der Waals surface area contributed by atoms with Crippen LogP contribution < -0.4 is 16.4 Å². The number of carbonyl (C=O) groups excluding carboxylic acids is 2. The summed E-state index contributed by atoms with van der Waals surface area (Å²) >= 11 is 1.61. The van der Waals surface area contributed by atoms with Gasteiger partial charge in [0.2, 0.25) is 11.8 Å². The molecule has 73 heavy (non-hydrogen) atoms. The number of aliphatic hydroxyl groups is 1. The van der Waals surface area contributed by atoms with Gasteiger partial charge in [0.05, 0.1) is 133 Å². The number of aryl methyl sites for hydroxylation is 1. The maximum atomic E-state index is 14.0. The minimum atomic E-state index is -0.855. The van der Waals surface area contributed by atoms with E-state index in [2.05, 4.69) is 61.8 Å². The number of phenols is 1. The highest BCUT2D eigenvalue weighted by molar-refractivity contribution is 7.13. The smallest absolute Gasteiger partial charge is 0.246 e. The van der Waals surface area contributed by atoms with Crippen LogP contribution in [0.15, 0.2) is 84.8 Å². The number of aliphatic hydroxyl groups excluding tert-OH is 1. The van der Waals surface area contributed by atoms with Gasteiger partial charge in [-0.1, -0.05) is 63.7 Å². The van der Waals surface area contributed by atoms with E-state index in [1.54, 1.807) is 51.4 Å². The molecule has 1 aliphatic rings. The molecule has 4 heterocycles. The Hall–Kier alpha value is -5.88. The molecule has 1 saturated heterocycles. The van der Waals surface area contributed by atoms with Gasteiger partial charge in [-0.3, -0.25) is 14.3 Å². The quantitative estimate of drug-likeness (QED) is 0.0368. The monoisotopic (exact) mass is 1030 g/mol. The van der Waals surface area contributed by atoms with Gasteiger partial charge in [-0.2, -0.15) is 5.10 Å². The van der Waals surface area contributed by atoms with Crippen LogP contribution in [0.3, 0.4) is 0 Å². The highest BCUT2D eigenvalue weighted by atomic mass is 32.1. The third-order valence-corrected chi connectivity index (χ3v) is 12.7. The van der Waals surface area contributed by atoms with E-state index in [0.29, 0.717) is 115 Å². The van der Waals surface area contributed by atoms with Crippen molar-refractivity contribution in [3.63, 3.8) is 0 Å². The molecule has 0 radical (unpaired) electrons. The first kappa shape index (κ1) is 56.4. The molecule has 1 fully saturated rings. The Balaban J connectivity index is 0.724. The van der Waals surface area contributed by atoms with Gasteiger partial charge in [0.15, 0.2) is 5.82 Å². The minimum absolute atomic E-state index is 0.110. The maximum Gasteiger partial charge on any atom is 0.246 e.